The van der Waals surface area contributed by atoms with E-state index in [1.54, 1.807) is 23.5 Å². The highest BCUT2D eigenvalue weighted by Gasteiger charge is 2.28. The molecule has 2 aliphatic rings. The molecule has 4 heterocycles. The zero-order chi connectivity index (χ0) is 17.1. The van der Waals surface area contributed by atoms with E-state index in [4.69, 9.17) is 4.74 Å². The maximum atomic E-state index is 12.4. The van der Waals surface area contributed by atoms with Gasteiger partial charge in [-0.05, 0) is 25.2 Å². The first-order valence-electron chi connectivity index (χ1n) is 8.55. The minimum Gasteiger partial charge on any atom is -0.381 e. The SMILES string of the molecule is O=C1CNc2ncc(-c3cncnc3)nc2N1CCC1CCOCC1. The van der Waals surface area contributed by atoms with Gasteiger partial charge in [-0.3, -0.25) is 9.69 Å². The van der Waals surface area contributed by atoms with E-state index in [-0.39, 0.29) is 12.5 Å². The lowest BCUT2D eigenvalue weighted by atomic mass is 9.96. The van der Waals surface area contributed by atoms with E-state index in [1.165, 1.54) is 6.33 Å². The Balaban J connectivity index is 1.57. The maximum Gasteiger partial charge on any atom is 0.247 e. The molecule has 0 bridgehead atoms. The lowest BCUT2D eigenvalue weighted by molar-refractivity contribution is -0.117. The number of carbonyl (C=O) groups is 1. The first-order chi connectivity index (χ1) is 12.3. The molecule has 0 saturated carbocycles. The Labute approximate surface area is 145 Å². The van der Waals surface area contributed by atoms with Crippen molar-refractivity contribution in [3.63, 3.8) is 0 Å². The molecule has 2 aromatic rings. The van der Waals surface area contributed by atoms with Crippen LogP contribution in [0.25, 0.3) is 11.3 Å². The van der Waals surface area contributed by atoms with Gasteiger partial charge in [0, 0.05) is 37.7 Å². The summed E-state index contributed by atoms with van der Waals surface area (Å²) in [5.74, 6) is 1.85. The van der Waals surface area contributed by atoms with E-state index >= 15 is 0 Å². The van der Waals surface area contributed by atoms with Crippen LogP contribution in [0.15, 0.2) is 24.9 Å². The van der Waals surface area contributed by atoms with Crippen LogP contribution < -0.4 is 10.2 Å². The Kier molecular flexibility index (Phi) is 4.51. The summed E-state index contributed by atoms with van der Waals surface area (Å²) in [6.07, 6.45) is 9.59. The number of carbonyl (C=O) groups excluding carboxylic acids is 1. The lowest BCUT2D eigenvalue weighted by Crippen LogP contribution is -2.42. The van der Waals surface area contributed by atoms with E-state index in [2.05, 4.69) is 25.3 Å². The third-order valence-electron chi connectivity index (χ3n) is 4.68. The number of amides is 1. The van der Waals surface area contributed by atoms with Gasteiger partial charge in [-0.25, -0.2) is 19.9 Å². The molecular formula is C17H20N6O2. The average molecular weight is 340 g/mol. The summed E-state index contributed by atoms with van der Waals surface area (Å²) in [5.41, 5.74) is 1.44. The van der Waals surface area contributed by atoms with Crippen molar-refractivity contribution in [3.05, 3.63) is 24.9 Å². The average Bonchev–Trinajstić information content (AvgIpc) is 2.68. The Hall–Kier alpha value is -2.61. The minimum atomic E-state index is 0.0234. The molecule has 130 valence electrons. The van der Waals surface area contributed by atoms with Crippen molar-refractivity contribution in [2.24, 2.45) is 5.92 Å². The molecule has 2 aliphatic heterocycles. The zero-order valence-electron chi connectivity index (χ0n) is 13.9. The van der Waals surface area contributed by atoms with Crippen LogP contribution in [0.2, 0.25) is 0 Å². The fraction of sp³-hybridized carbons (Fsp3) is 0.471. The second-order valence-electron chi connectivity index (χ2n) is 6.30. The van der Waals surface area contributed by atoms with Gasteiger partial charge < -0.3 is 10.1 Å². The first kappa shape index (κ1) is 15.9. The molecule has 8 heteroatoms. The molecule has 0 spiro atoms. The molecular weight excluding hydrogens is 320 g/mol. The van der Waals surface area contributed by atoms with E-state index in [0.717, 1.165) is 38.0 Å². The summed E-state index contributed by atoms with van der Waals surface area (Å²) in [6.45, 7) is 2.54. The van der Waals surface area contributed by atoms with E-state index in [9.17, 15) is 4.79 Å². The molecule has 4 rings (SSSR count). The summed E-state index contributed by atoms with van der Waals surface area (Å²) in [5, 5.41) is 3.04. The van der Waals surface area contributed by atoms with Gasteiger partial charge in [-0.2, -0.15) is 0 Å². The molecule has 0 radical (unpaired) electrons. The van der Waals surface area contributed by atoms with Crippen LogP contribution in [0.5, 0.6) is 0 Å². The van der Waals surface area contributed by atoms with Crippen LogP contribution in [0.4, 0.5) is 11.6 Å². The molecule has 0 unspecified atom stereocenters. The molecule has 0 aliphatic carbocycles. The monoisotopic (exact) mass is 340 g/mol. The predicted molar refractivity (Wildman–Crippen MR) is 92.1 cm³/mol. The Morgan fingerprint density at radius 1 is 1.20 bits per heavy atom. The van der Waals surface area contributed by atoms with Crippen molar-refractivity contribution in [2.75, 3.05) is 36.5 Å². The number of rotatable bonds is 4. The summed E-state index contributed by atoms with van der Waals surface area (Å²) in [7, 11) is 0. The summed E-state index contributed by atoms with van der Waals surface area (Å²) in [6, 6.07) is 0. The maximum absolute atomic E-state index is 12.4. The topological polar surface area (TPSA) is 93.1 Å². The van der Waals surface area contributed by atoms with Gasteiger partial charge in [0.15, 0.2) is 11.6 Å². The van der Waals surface area contributed by atoms with Gasteiger partial charge >= 0.3 is 0 Å². The molecule has 2 aromatic heterocycles. The van der Waals surface area contributed by atoms with Crippen LogP contribution in [-0.2, 0) is 9.53 Å². The Morgan fingerprint density at radius 2 is 2.00 bits per heavy atom. The van der Waals surface area contributed by atoms with Crippen molar-refractivity contribution in [2.45, 2.75) is 19.3 Å². The number of fused-ring (bicyclic) bond motifs is 1. The number of hydrogen-bond donors (Lipinski definition) is 1. The molecule has 0 aromatic carbocycles. The van der Waals surface area contributed by atoms with Crippen molar-refractivity contribution >= 4 is 17.5 Å². The molecule has 1 amide bonds. The van der Waals surface area contributed by atoms with Crippen LogP contribution in [0, 0.1) is 5.92 Å². The fourth-order valence-corrected chi connectivity index (χ4v) is 3.21. The largest absolute Gasteiger partial charge is 0.381 e. The number of aromatic nitrogens is 4. The van der Waals surface area contributed by atoms with Gasteiger partial charge in [0.05, 0.1) is 18.4 Å². The van der Waals surface area contributed by atoms with Crippen LogP contribution >= 0.6 is 0 Å². The molecule has 1 N–H and O–H groups in total. The summed E-state index contributed by atoms with van der Waals surface area (Å²) in [4.78, 5) is 31.3. The van der Waals surface area contributed by atoms with Crippen molar-refractivity contribution < 1.29 is 9.53 Å². The number of nitrogens with one attached hydrogen (secondary N) is 1. The van der Waals surface area contributed by atoms with Gasteiger partial charge in [-0.1, -0.05) is 0 Å². The van der Waals surface area contributed by atoms with Gasteiger partial charge in [0.2, 0.25) is 5.91 Å². The van der Waals surface area contributed by atoms with E-state index in [0.29, 0.717) is 29.8 Å². The zero-order valence-corrected chi connectivity index (χ0v) is 13.9. The fourth-order valence-electron chi connectivity index (χ4n) is 3.21. The van der Waals surface area contributed by atoms with Crippen molar-refractivity contribution in [1.82, 2.24) is 19.9 Å². The molecule has 25 heavy (non-hydrogen) atoms. The quantitative estimate of drug-likeness (QED) is 0.901. The van der Waals surface area contributed by atoms with E-state index in [1.807, 2.05) is 0 Å². The Bertz CT molecular complexity index is 748. The second kappa shape index (κ2) is 7.10. The normalized spacial score (nSPS) is 17.9. The minimum absolute atomic E-state index is 0.0234. The van der Waals surface area contributed by atoms with E-state index < -0.39 is 0 Å². The predicted octanol–water partition coefficient (Wildman–Crippen LogP) is 1.51. The third kappa shape index (κ3) is 3.43. The third-order valence-corrected chi connectivity index (χ3v) is 4.68. The molecule has 0 atom stereocenters. The first-order valence-corrected chi connectivity index (χ1v) is 8.55. The van der Waals surface area contributed by atoms with Crippen LogP contribution in [-0.4, -0.2) is 52.1 Å². The van der Waals surface area contributed by atoms with Crippen LogP contribution in [0.3, 0.4) is 0 Å². The van der Waals surface area contributed by atoms with Gasteiger partial charge in [0.1, 0.15) is 6.33 Å². The molecule has 1 fully saturated rings. The lowest BCUT2D eigenvalue weighted by Gasteiger charge is -2.30. The Morgan fingerprint density at radius 3 is 2.80 bits per heavy atom. The molecule has 1 saturated heterocycles. The number of anilines is 2. The number of hydrogen-bond acceptors (Lipinski definition) is 7. The number of ether oxygens (including phenoxy) is 1. The number of nitrogens with zero attached hydrogens (tertiary/aromatic N) is 5. The highest BCUT2D eigenvalue weighted by Crippen LogP contribution is 2.29. The van der Waals surface area contributed by atoms with Gasteiger partial charge in [-0.15, -0.1) is 0 Å². The highest BCUT2D eigenvalue weighted by molar-refractivity contribution is 6.00. The standard InChI is InChI=1S/C17H20N6O2/c24-15-10-21-16-17(23(15)4-1-12-2-5-25-6-3-12)22-14(9-20-16)13-7-18-11-19-8-13/h7-9,11-12H,1-6,10H2,(H,20,21). The summed E-state index contributed by atoms with van der Waals surface area (Å²) < 4.78 is 5.41. The van der Waals surface area contributed by atoms with Crippen molar-refractivity contribution in [3.8, 4) is 11.3 Å². The van der Waals surface area contributed by atoms with Crippen molar-refractivity contribution in [1.29, 1.82) is 0 Å². The van der Waals surface area contributed by atoms with Crippen LogP contribution in [0.1, 0.15) is 19.3 Å². The smallest absolute Gasteiger partial charge is 0.247 e. The van der Waals surface area contributed by atoms with Gasteiger partial charge in [0.25, 0.3) is 0 Å². The second-order valence-corrected chi connectivity index (χ2v) is 6.30. The summed E-state index contributed by atoms with van der Waals surface area (Å²) >= 11 is 0. The molecule has 8 nitrogen and oxygen atoms in total. The highest BCUT2D eigenvalue weighted by atomic mass is 16.5.